The van der Waals surface area contributed by atoms with E-state index in [-0.39, 0.29) is 12.1 Å². The van der Waals surface area contributed by atoms with Crippen LogP contribution in [0, 0.1) is 0 Å². The van der Waals surface area contributed by atoms with Crippen LogP contribution in [0.25, 0.3) is 0 Å². The van der Waals surface area contributed by atoms with Gasteiger partial charge in [0.05, 0.1) is 6.10 Å². The van der Waals surface area contributed by atoms with Gasteiger partial charge in [0.25, 0.3) is 0 Å². The van der Waals surface area contributed by atoms with Crippen molar-refractivity contribution in [1.29, 1.82) is 0 Å². The minimum atomic E-state index is -0.875. The van der Waals surface area contributed by atoms with Gasteiger partial charge in [0.1, 0.15) is 11.6 Å². The first-order chi connectivity index (χ1) is 14.4. The molecule has 30 heavy (non-hydrogen) atoms. The zero-order chi connectivity index (χ0) is 21.6. The van der Waals surface area contributed by atoms with Crippen molar-refractivity contribution in [1.82, 2.24) is 5.32 Å². The molecule has 0 saturated carbocycles. The van der Waals surface area contributed by atoms with Gasteiger partial charge in [-0.1, -0.05) is 93.3 Å². The fourth-order valence-corrected chi connectivity index (χ4v) is 4.03. The number of rotatable bonds is 8. The van der Waals surface area contributed by atoms with Crippen LogP contribution >= 0.6 is 0 Å². The van der Waals surface area contributed by atoms with E-state index in [2.05, 4.69) is 12.2 Å². The summed E-state index contributed by atoms with van der Waals surface area (Å²) < 4.78 is 12.5. The lowest BCUT2D eigenvalue weighted by Gasteiger charge is -2.31. The molecule has 1 aliphatic rings. The Labute approximate surface area is 181 Å². The molecule has 2 atom stereocenters. The van der Waals surface area contributed by atoms with E-state index in [1.807, 2.05) is 81.4 Å². The molecule has 0 spiro atoms. The first-order valence-corrected chi connectivity index (χ1v) is 11.1. The van der Waals surface area contributed by atoms with Crippen LogP contribution in [0.1, 0.15) is 70.9 Å². The van der Waals surface area contributed by atoms with Crippen molar-refractivity contribution in [3.63, 3.8) is 0 Å². The maximum Gasteiger partial charge on any atom is 0.326 e. The van der Waals surface area contributed by atoms with Crippen molar-refractivity contribution < 1.29 is 14.3 Å². The van der Waals surface area contributed by atoms with Gasteiger partial charge < -0.3 is 9.47 Å². The van der Waals surface area contributed by atoms with Crippen LogP contribution in [-0.4, -0.2) is 23.7 Å². The normalized spacial score (nSPS) is 20.8. The lowest BCUT2D eigenvalue weighted by atomic mass is 9.94. The van der Waals surface area contributed by atoms with E-state index in [1.54, 1.807) is 0 Å². The van der Waals surface area contributed by atoms with E-state index in [1.165, 1.54) is 12.8 Å². The number of carbonyl (C=O) groups excluding carboxylic acids is 1. The number of unbranched alkanes of at least 4 members (excludes halogenated alkanes) is 3. The molecule has 0 unspecified atom stereocenters. The molecule has 0 aliphatic carbocycles. The molecule has 4 nitrogen and oxygen atoms in total. The molecule has 162 valence electrons. The van der Waals surface area contributed by atoms with Gasteiger partial charge in [0.15, 0.2) is 5.72 Å². The fourth-order valence-electron chi connectivity index (χ4n) is 4.03. The van der Waals surface area contributed by atoms with Crippen molar-refractivity contribution in [2.24, 2.45) is 0 Å². The molecule has 0 aromatic heterocycles. The number of benzene rings is 2. The number of nitrogens with one attached hydrogen (secondary N) is 1. The van der Waals surface area contributed by atoms with Gasteiger partial charge in [-0.3, -0.25) is 10.1 Å². The molecule has 1 saturated heterocycles. The molecule has 4 heteroatoms. The molecule has 1 fully saturated rings. The van der Waals surface area contributed by atoms with Crippen molar-refractivity contribution >= 4 is 5.97 Å². The number of hydrogen-bond donors (Lipinski definition) is 1. The summed E-state index contributed by atoms with van der Waals surface area (Å²) in [6.07, 6.45) is 5.10. The molecule has 0 bridgehead atoms. The molecule has 1 aliphatic heterocycles. The second-order valence-electron chi connectivity index (χ2n) is 9.07. The number of carbonyl (C=O) groups is 1. The summed E-state index contributed by atoms with van der Waals surface area (Å²) in [4.78, 5) is 13.1. The van der Waals surface area contributed by atoms with Gasteiger partial charge >= 0.3 is 5.97 Å². The van der Waals surface area contributed by atoms with Gasteiger partial charge in [-0.25, -0.2) is 0 Å². The molecule has 0 radical (unpaired) electrons. The maximum absolute atomic E-state index is 13.1. The Hall–Kier alpha value is -2.17. The van der Waals surface area contributed by atoms with Crippen LogP contribution in [0.5, 0.6) is 0 Å². The number of ether oxygens (including phenoxy) is 2. The van der Waals surface area contributed by atoms with Crippen molar-refractivity contribution in [3.8, 4) is 0 Å². The Morgan fingerprint density at radius 1 is 0.967 bits per heavy atom. The standard InChI is InChI=1S/C26H35NO3/c1-5-6-7-14-19-22-23(24(28)30-25(2,3)4)27-26(29-22,20-15-10-8-11-16-20)21-17-12-9-13-18-21/h8-13,15-18,22-23,27H,5-7,14,19H2,1-4H3/t22-,23+/m0/s1. The molecule has 2 aromatic rings. The van der Waals surface area contributed by atoms with Crippen LogP contribution < -0.4 is 5.32 Å². The Kier molecular flexibility index (Phi) is 7.32. The first kappa shape index (κ1) is 22.5. The third-order valence-corrected chi connectivity index (χ3v) is 5.42. The Morgan fingerprint density at radius 2 is 1.53 bits per heavy atom. The zero-order valence-electron chi connectivity index (χ0n) is 18.7. The summed E-state index contributed by atoms with van der Waals surface area (Å²) in [7, 11) is 0. The summed E-state index contributed by atoms with van der Waals surface area (Å²) in [6.45, 7) is 7.91. The third kappa shape index (κ3) is 5.30. The van der Waals surface area contributed by atoms with Gasteiger partial charge in [0, 0.05) is 11.1 Å². The summed E-state index contributed by atoms with van der Waals surface area (Å²) in [5, 5.41) is 3.55. The number of esters is 1. The fraction of sp³-hybridized carbons (Fsp3) is 0.500. The van der Waals surface area contributed by atoms with E-state index in [0.29, 0.717) is 0 Å². The first-order valence-electron chi connectivity index (χ1n) is 11.1. The van der Waals surface area contributed by atoms with E-state index in [9.17, 15) is 4.79 Å². The largest absolute Gasteiger partial charge is 0.459 e. The zero-order valence-corrected chi connectivity index (χ0v) is 18.7. The second kappa shape index (κ2) is 9.76. The predicted octanol–water partition coefficient (Wildman–Crippen LogP) is 5.56. The monoisotopic (exact) mass is 409 g/mol. The van der Waals surface area contributed by atoms with Gasteiger partial charge in [-0.2, -0.15) is 0 Å². The Morgan fingerprint density at radius 3 is 2.03 bits per heavy atom. The van der Waals surface area contributed by atoms with Crippen molar-refractivity contribution in [3.05, 3.63) is 71.8 Å². The third-order valence-electron chi connectivity index (χ3n) is 5.42. The van der Waals surface area contributed by atoms with Gasteiger partial charge in [-0.15, -0.1) is 0 Å². The van der Waals surface area contributed by atoms with Crippen LogP contribution in [0.2, 0.25) is 0 Å². The second-order valence-corrected chi connectivity index (χ2v) is 9.07. The van der Waals surface area contributed by atoms with Crippen LogP contribution in [0.4, 0.5) is 0 Å². The smallest absolute Gasteiger partial charge is 0.326 e. The van der Waals surface area contributed by atoms with Crippen molar-refractivity contribution in [2.45, 2.75) is 83.3 Å². The van der Waals surface area contributed by atoms with E-state index in [0.717, 1.165) is 30.4 Å². The predicted molar refractivity (Wildman–Crippen MR) is 120 cm³/mol. The average molecular weight is 410 g/mol. The summed E-state index contributed by atoms with van der Waals surface area (Å²) >= 11 is 0. The Bertz CT molecular complexity index is 759. The summed E-state index contributed by atoms with van der Waals surface area (Å²) in [5.74, 6) is -0.253. The molecular weight excluding hydrogens is 374 g/mol. The maximum atomic E-state index is 13.1. The molecular formula is C26H35NO3. The average Bonchev–Trinajstić information content (AvgIpc) is 3.12. The van der Waals surface area contributed by atoms with Crippen LogP contribution in [-0.2, 0) is 20.0 Å². The van der Waals surface area contributed by atoms with Crippen LogP contribution in [0.15, 0.2) is 60.7 Å². The van der Waals surface area contributed by atoms with Crippen LogP contribution in [0.3, 0.4) is 0 Å². The van der Waals surface area contributed by atoms with Crippen molar-refractivity contribution in [2.75, 3.05) is 0 Å². The van der Waals surface area contributed by atoms with E-state index < -0.39 is 17.4 Å². The number of hydrogen-bond acceptors (Lipinski definition) is 4. The highest BCUT2D eigenvalue weighted by molar-refractivity contribution is 5.78. The topological polar surface area (TPSA) is 47.6 Å². The minimum absolute atomic E-state index is 0.253. The molecule has 1 N–H and O–H groups in total. The molecule has 0 amide bonds. The molecule has 2 aromatic carbocycles. The van der Waals surface area contributed by atoms with Gasteiger partial charge in [-0.05, 0) is 27.2 Å². The lowest BCUT2D eigenvalue weighted by molar-refractivity contribution is -0.158. The quantitative estimate of drug-likeness (QED) is 0.458. The lowest BCUT2D eigenvalue weighted by Crippen LogP contribution is -2.48. The van der Waals surface area contributed by atoms with Gasteiger partial charge in [0.2, 0.25) is 0 Å². The highest BCUT2D eigenvalue weighted by Crippen LogP contribution is 2.40. The summed E-state index contributed by atoms with van der Waals surface area (Å²) in [6, 6.07) is 19.7. The van der Waals surface area contributed by atoms with E-state index >= 15 is 0 Å². The summed E-state index contributed by atoms with van der Waals surface area (Å²) in [5.41, 5.74) is 0.553. The highest BCUT2D eigenvalue weighted by atomic mass is 16.6. The molecule has 1 heterocycles. The Balaban J connectivity index is 1.96. The molecule has 3 rings (SSSR count). The minimum Gasteiger partial charge on any atom is -0.459 e. The SMILES string of the molecule is CCCCCC[C@@H]1OC(c2ccccc2)(c2ccccc2)N[C@H]1C(=O)OC(C)(C)C. The highest BCUT2D eigenvalue weighted by Gasteiger charge is 2.51. The van der Waals surface area contributed by atoms with E-state index in [4.69, 9.17) is 9.47 Å².